The Balaban J connectivity index is 0. The van der Waals surface area contributed by atoms with Crippen molar-refractivity contribution >= 4 is 11.4 Å². The molecule has 10 N–H and O–H groups in total. The van der Waals surface area contributed by atoms with Crippen LogP contribution in [0.15, 0.2) is 12.1 Å². The Bertz CT molecular complexity index is 230. The van der Waals surface area contributed by atoms with Crippen LogP contribution in [0.3, 0.4) is 0 Å². The Hall–Kier alpha value is -1.26. The van der Waals surface area contributed by atoms with Gasteiger partial charge in [-0.1, -0.05) is 6.07 Å². The smallest absolute Gasteiger partial charge is 0.0394 e. The minimum atomic E-state index is 0. The lowest BCUT2D eigenvalue weighted by molar-refractivity contribution is 1.39. The number of hydrogen-bond donors (Lipinski definition) is 4. The van der Waals surface area contributed by atoms with Crippen molar-refractivity contribution in [3.05, 3.63) is 23.3 Å². The number of hydrogen-bond acceptors (Lipinski definition) is 4. The highest BCUT2D eigenvalue weighted by Crippen LogP contribution is 2.21. The van der Waals surface area contributed by atoms with Crippen LogP contribution in [0, 0.1) is 13.8 Å². The van der Waals surface area contributed by atoms with Gasteiger partial charge in [0.2, 0.25) is 0 Å². The van der Waals surface area contributed by atoms with Crippen molar-refractivity contribution in [2.75, 3.05) is 11.5 Å². The first-order valence-electron chi connectivity index (χ1n) is 3.24. The lowest BCUT2D eigenvalue weighted by atomic mass is 10.1. The van der Waals surface area contributed by atoms with E-state index in [1.165, 1.54) is 0 Å². The third kappa shape index (κ3) is 2.11. The van der Waals surface area contributed by atoms with Gasteiger partial charge in [-0.3, -0.25) is 0 Å². The number of nitrogens with two attached hydrogens (primary N) is 2. The zero-order valence-electron chi connectivity index (χ0n) is 7.72. The molecule has 0 fully saturated rings. The van der Waals surface area contributed by atoms with Gasteiger partial charge in [0, 0.05) is 11.4 Å². The van der Waals surface area contributed by atoms with Crippen molar-refractivity contribution in [1.29, 1.82) is 0 Å². The maximum atomic E-state index is 5.70. The summed E-state index contributed by atoms with van der Waals surface area (Å²) in [7, 11) is 0. The van der Waals surface area contributed by atoms with E-state index in [2.05, 4.69) is 0 Å². The van der Waals surface area contributed by atoms with E-state index in [9.17, 15) is 0 Å². The van der Waals surface area contributed by atoms with E-state index in [4.69, 9.17) is 11.5 Å². The largest absolute Gasteiger partial charge is 0.398 e. The zero-order valence-corrected chi connectivity index (χ0v) is 7.72. The van der Waals surface area contributed by atoms with Crippen LogP contribution in [0.1, 0.15) is 11.1 Å². The summed E-state index contributed by atoms with van der Waals surface area (Å²) in [4.78, 5) is 0. The number of rotatable bonds is 0. The Morgan fingerprint density at radius 2 is 1.50 bits per heavy atom. The Kier molecular flexibility index (Phi) is 5.10. The molecule has 4 nitrogen and oxygen atoms in total. The van der Waals surface area contributed by atoms with Crippen molar-refractivity contribution in [3.63, 3.8) is 0 Å². The van der Waals surface area contributed by atoms with Gasteiger partial charge in [0.05, 0.1) is 0 Å². The van der Waals surface area contributed by atoms with E-state index in [0.717, 1.165) is 22.5 Å². The molecule has 0 radical (unpaired) electrons. The second-order valence-corrected chi connectivity index (χ2v) is 2.51. The van der Waals surface area contributed by atoms with Gasteiger partial charge in [-0.15, -0.1) is 0 Å². The number of benzene rings is 1. The molecule has 0 heterocycles. The fourth-order valence-corrected chi connectivity index (χ4v) is 0.881. The molecule has 0 spiro atoms. The molecule has 0 aliphatic rings. The minimum absolute atomic E-state index is 0. The second-order valence-electron chi connectivity index (χ2n) is 2.51. The SMILES string of the molecule is Cc1ccc(N)c(C)c1N.N.N. The van der Waals surface area contributed by atoms with Gasteiger partial charge in [-0.2, -0.15) is 0 Å². The van der Waals surface area contributed by atoms with Crippen molar-refractivity contribution in [1.82, 2.24) is 12.3 Å². The van der Waals surface area contributed by atoms with E-state index in [0.29, 0.717) is 0 Å². The van der Waals surface area contributed by atoms with E-state index in [1.807, 2.05) is 26.0 Å². The molecule has 12 heavy (non-hydrogen) atoms. The zero-order chi connectivity index (χ0) is 7.72. The molecule has 1 aromatic rings. The Morgan fingerprint density at radius 3 is 1.92 bits per heavy atom. The highest BCUT2D eigenvalue weighted by molar-refractivity contribution is 5.64. The highest BCUT2D eigenvalue weighted by atomic mass is 14.6. The van der Waals surface area contributed by atoms with Gasteiger partial charge < -0.3 is 23.8 Å². The molecule has 0 aliphatic carbocycles. The van der Waals surface area contributed by atoms with Gasteiger partial charge in [-0.25, -0.2) is 0 Å². The maximum Gasteiger partial charge on any atom is 0.0394 e. The Morgan fingerprint density at radius 1 is 1.00 bits per heavy atom. The molecule has 0 unspecified atom stereocenters. The average molecular weight is 170 g/mol. The van der Waals surface area contributed by atoms with Crippen LogP contribution in [-0.4, -0.2) is 0 Å². The van der Waals surface area contributed by atoms with Crippen LogP contribution in [0.4, 0.5) is 11.4 Å². The van der Waals surface area contributed by atoms with E-state index < -0.39 is 0 Å². The predicted octanol–water partition coefficient (Wildman–Crippen LogP) is 1.79. The molecule has 0 saturated carbocycles. The van der Waals surface area contributed by atoms with Crippen LogP contribution >= 0.6 is 0 Å². The molecule has 70 valence electrons. The van der Waals surface area contributed by atoms with Gasteiger partial charge >= 0.3 is 0 Å². The standard InChI is InChI=1S/C8H12N2.2H3N/c1-5-3-4-7(9)6(2)8(5)10;;/h3-4H,9-10H2,1-2H3;2*1H3. The topological polar surface area (TPSA) is 122 Å². The quantitative estimate of drug-likeness (QED) is 0.443. The van der Waals surface area contributed by atoms with Gasteiger partial charge in [-0.05, 0) is 31.0 Å². The van der Waals surface area contributed by atoms with Gasteiger partial charge in [0.25, 0.3) is 0 Å². The summed E-state index contributed by atoms with van der Waals surface area (Å²) in [5.41, 5.74) is 15.0. The van der Waals surface area contributed by atoms with Crippen molar-refractivity contribution in [2.24, 2.45) is 0 Å². The molecule has 4 heteroatoms. The fraction of sp³-hybridized carbons (Fsp3) is 0.250. The van der Waals surface area contributed by atoms with Gasteiger partial charge in [0.1, 0.15) is 0 Å². The third-order valence-electron chi connectivity index (χ3n) is 1.77. The highest BCUT2D eigenvalue weighted by Gasteiger charge is 1.99. The summed E-state index contributed by atoms with van der Waals surface area (Å²) in [6, 6.07) is 3.80. The minimum Gasteiger partial charge on any atom is -0.398 e. The first-order valence-corrected chi connectivity index (χ1v) is 3.24. The molecule has 0 bridgehead atoms. The summed E-state index contributed by atoms with van der Waals surface area (Å²) >= 11 is 0. The van der Waals surface area contributed by atoms with Crippen LogP contribution in [0.25, 0.3) is 0 Å². The molecule has 0 atom stereocenters. The summed E-state index contributed by atoms with van der Waals surface area (Å²) in [6.07, 6.45) is 0. The fourth-order valence-electron chi connectivity index (χ4n) is 0.881. The molecule has 0 saturated heterocycles. The van der Waals surface area contributed by atoms with Crippen LogP contribution in [0.2, 0.25) is 0 Å². The molecular formula is C8H18N4. The maximum absolute atomic E-state index is 5.70. The first-order chi connectivity index (χ1) is 4.63. The van der Waals surface area contributed by atoms with Crippen LogP contribution < -0.4 is 23.8 Å². The summed E-state index contributed by atoms with van der Waals surface area (Å²) in [5.74, 6) is 0. The third-order valence-corrected chi connectivity index (χ3v) is 1.77. The summed E-state index contributed by atoms with van der Waals surface area (Å²) < 4.78 is 0. The van der Waals surface area contributed by atoms with Gasteiger partial charge in [0.15, 0.2) is 0 Å². The Labute approximate surface area is 73.1 Å². The molecule has 0 aliphatic heterocycles. The normalized spacial score (nSPS) is 8.17. The lowest BCUT2D eigenvalue weighted by Crippen LogP contribution is -1.97. The summed E-state index contributed by atoms with van der Waals surface area (Å²) in [5, 5.41) is 0. The second kappa shape index (κ2) is 4.58. The number of nitrogen functional groups attached to an aromatic ring is 2. The van der Waals surface area contributed by atoms with Crippen molar-refractivity contribution in [3.8, 4) is 0 Å². The summed E-state index contributed by atoms with van der Waals surface area (Å²) in [6.45, 7) is 3.90. The molecular weight excluding hydrogens is 152 g/mol. The number of anilines is 2. The van der Waals surface area contributed by atoms with Crippen LogP contribution in [-0.2, 0) is 0 Å². The number of aryl methyl sites for hydroxylation is 1. The van der Waals surface area contributed by atoms with Crippen LogP contribution in [0.5, 0.6) is 0 Å². The molecule has 1 aromatic carbocycles. The lowest BCUT2D eigenvalue weighted by Gasteiger charge is -2.05. The first kappa shape index (κ1) is 13.3. The average Bonchev–Trinajstić information content (AvgIpc) is 1.93. The molecule has 1 rings (SSSR count). The molecule has 0 aromatic heterocycles. The monoisotopic (exact) mass is 170 g/mol. The molecule has 0 amide bonds. The van der Waals surface area contributed by atoms with E-state index >= 15 is 0 Å². The van der Waals surface area contributed by atoms with Crippen molar-refractivity contribution < 1.29 is 0 Å². The predicted molar refractivity (Wildman–Crippen MR) is 54.8 cm³/mol. The van der Waals surface area contributed by atoms with Crippen molar-refractivity contribution in [2.45, 2.75) is 13.8 Å². The van der Waals surface area contributed by atoms with E-state index in [1.54, 1.807) is 0 Å². The van der Waals surface area contributed by atoms with E-state index in [-0.39, 0.29) is 12.3 Å².